The van der Waals surface area contributed by atoms with Crippen molar-refractivity contribution in [2.24, 2.45) is 0 Å². The lowest BCUT2D eigenvalue weighted by atomic mass is 10.1. The van der Waals surface area contributed by atoms with E-state index < -0.39 is 0 Å². The third-order valence-corrected chi connectivity index (χ3v) is 3.70. The summed E-state index contributed by atoms with van der Waals surface area (Å²) >= 11 is 0. The Bertz CT molecular complexity index is 832. The molecule has 1 amide bonds. The highest BCUT2D eigenvalue weighted by Gasteiger charge is 2.06. The molecule has 3 rings (SSSR count). The number of amides is 1. The van der Waals surface area contributed by atoms with Gasteiger partial charge in [-0.05, 0) is 30.2 Å². The van der Waals surface area contributed by atoms with Gasteiger partial charge in [0.1, 0.15) is 5.82 Å². The molecule has 0 saturated carbocycles. The molecule has 0 atom stereocenters. The van der Waals surface area contributed by atoms with E-state index >= 15 is 0 Å². The second-order valence-electron chi connectivity index (χ2n) is 5.86. The van der Waals surface area contributed by atoms with Crippen molar-refractivity contribution in [2.45, 2.75) is 19.9 Å². The van der Waals surface area contributed by atoms with Crippen molar-refractivity contribution < 1.29 is 4.79 Å². The summed E-state index contributed by atoms with van der Waals surface area (Å²) in [4.78, 5) is 12.1. The maximum atomic E-state index is 12.1. The van der Waals surface area contributed by atoms with Crippen LogP contribution in [-0.2, 0) is 17.8 Å². The first kappa shape index (κ1) is 16.6. The summed E-state index contributed by atoms with van der Waals surface area (Å²) in [6, 6.07) is 21.5. The molecule has 0 spiro atoms. The minimum Gasteiger partial charge on any atom is -0.365 e. The Morgan fingerprint density at radius 2 is 1.60 bits per heavy atom. The van der Waals surface area contributed by atoms with Gasteiger partial charge < -0.3 is 10.6 Å². The molecular formula is C20H20N4O. The lowest BCUT2D eigenvalue weighted by Crippen LogP contribution is -2.16. The van der Waals surface area contributed by atoms with Crippen LogP contribution >= 0.6 is 0 Å². The summed E-state index contributed by atoms with van der Waals surface area (Å²) in [6.07, 6.45) is 0.317. The number of carbonyl (C=O) groups excluding carboxylic acids is 1. The van der Waals surface area contributed by atoms with Crippen LogP contribution in [0.3, 0.4) is 0 Å². The zero-order valence-electron chi connectivity index (χ0n) is 14.1. The van der Waals surface area contributed by atoms with Crippen molar-refractivity contribution in [1.82, 2.24) is 10.2 Å². The van der Waals surface area contributed by atoms with Gasteiger partial charge >= 0.3 is 0 Å². The minimum atomic E-state index is -0.107. The third kappa shape index (κ3) is 5.14. The Kier molecular flexibility index (Phi) is 5.36. The van der Waals surface area contributed by atoms with E-state index in [1.165, 1.54) is 5.56 Å². The average molecular weight is 332 g/mol. The Morgan fingerprint density at radius 3 is 2.32 bits per heavy atom. The van der Waals surface area contributed by atoms with Crippen LogP contribution in [0.15, 0.2) is 66.7 Å². The lowest BCUT2D eigenvalue weighted by Gasteiger charge is -2.07. The number of anilines is 2. The Balaban J connectivity index is 1.52. The molecule has 0 unspecified atom stereocenters. The van der Waals surface area contributed by atoms with Gasteiger partial charge in [-0.3, -0.25) is 4.79 Å². The van der Waals surface area contributed by atoms with Gasteiger partial charge in [0.05, 0.1) is 6.42 Å². The van der Waals surface area contributed by atoms with Crippen LogP contribution in [0.2, 0.25) is 0 Å². The highest BCUT2D eigenvalue weighted by Crippen LogP contribution is 2.10. The van der Waals surface area contributed by atoms with E-state index in [2.05, 4.69) is 20.8 Å². The van der Waals surface area contributed by atoms with Gasteiger partial charge in [0, 0.05) is 6.54 Å². The summed E-state index contributed by atoms with van der Waals surface area (Å²) in [5, 5.41) is 14.1. The van der Waals surface area contributed by atoms with Gasteiger partial charge in [0.25, 0.3) is 0 Å². The van der Waals surface area contributed by atoms with E-state index in [1.807, 2.05) is 61.5 Å². The number of nitrogens with one attached hydrogen (secondary N) is 2. The number of aryl methyl sites for hydroxylation is 1. The summed E-state index contributed by atoms with van der Waals surface area (Å²) in [6.45, 7) is 2.68. The highest BCUT2D eigenvalue weighted by atomic mass is 16.1. The Morgan fingerprint density at radius 1 is 0.880 bits per heavy atom. The third-order valence-electron chi connectivity index (χ3n) is 3.70. The molecule has 0 aliphatic rings. The van der Waals surface area contributed by atoms with Crippen LogP contribution in [0.5, 0.6) is 0 Å². The largest absolute Gasteiger partial charge is 0.365 e. The monoisotopic (exact) mass is 332 g/mol. The summed E-state index contributed by atoms with van der Waals surface area (Å²) in [5.41, 5.74) is 3.28. The molecule has 2 N–H and O–H groups in total. The maximum absolute atomic E-state index is 12.1. The van der Waals surface area contributed by atoms with Crippen LogP contribution in [0.1, 0.15) is 16.7 Å². The summed E-state index contributed by atoms with van der Waals surface area (Å²) < 4.78 is 0. The van der Waals surface area contributed by atoms with Gasteiger partial charge in [0.2, 0.25) is 5.91 Å². The van der Waals surface area contributed by atoms with Crippen molar-refractivity contribution in [2.75, 3.05) is 10.6 Å². The fourth-order valence-electron chi connectivity index (χ4n) is 2.48. The topological polar surface area (TPSA) is 66.9 Å². The summed E-state index contributed by atoms with van der Waals surface area (Å²) in [7, 11) is 0. The first-order valence-corrected chi connectivity index (χ1v) is 8.16. The Labute approximate surface area is 147 Å². The smallest absolute Gasteiger partial charge is 0.229 e. The molecule has 1 heterocycles. The molecule has 0 fully saturated rings. The molecule has 3 aromatic rings. The second kappa shape index (κ2) is 8.06. The molecule has 5 heteroatoms. The predicted molar refractivity (Wildman–Crippen MR) is 99.3 cm³/mol. The fraction of sp³-hybridized carbons (Fsp3) is 0.150. The first-order chi connectivity index (χ1) is 12.2. The number of rotatable bonds is 6. The molecule has 1 aromatic heterocycles. The van der Waals surface area contributed by atoms with Gasteiger partial charge in [-0.1, -0.05) is 60.2 Å². The molecular weight excluding hydrogens is 312 g/mol. The molecule has 0 saturated heterocycles. The maximum Gasteiger partial charge on any atom is 0.229 e. The quantitative estimate of drug-likeness (QED) is 0.724. The summed E-state index contributed by atoms with van der Waals surface area (Å²) in [5.74, 6) is 1.01. The van der Waals surface area contributed by atoms with Gasteiger partial charge in [-0.25, -0.2) is 0 Å². The normalized spacial score (nSPS) is 10.3. The van der Waals surface area contributed by atoms with Crippen LogP contribution in [-0.4, -0.2) is 16.1 Å². The molecule has 5 nitrogen and oxygen atoms in total. The van der Waals surface area contributed by atoms with E-state index in [0.29, 0.717) is 24.6 Å². The van der Waals surface area contributed by atoms with Crippen molar-refractivity contribution >= 4 is 17.5 Å². The van der Waals surface area contributed by atoms with Crippen molar-refractivity contribution in [3.63, 3.8) is 0 Å². The number of aromatic nitrogens is 2. The minimum absolute atomic E-state index is 0.107. The van der Waals surface area contributed by atoms with Gasteiger partial charge in [-0.2, -0.15) is 0 Å². The van der Waals surface area contributed by atoms with E-state index in [0.717, 1.165) is 11.1 Å². The van der Waals surface area contributed by atoms with Crippen molar-refractivity contribution in [3.05, 3.63) is 83.4 Å². The number of hydrogen-bond acceptors (Lipinski definition) is 4. The van der Waals surface area contributed by atoms with Crippen molar-refractivity contribution in [1.29, 1.82) is 0 Å². The first-order valence-electron chi connectivity index (χ1n) is 8.16. The number of carbonyl (C=O) groups is 1. The molecule has 0 radical (unpaired) electrons. The zero-order chi connectivity index (χ0) is 17.5. The van der Waals surface area contributed by atoms with Crippen LogP contribution in [0.4, 0.5) is 11.6 Å². The van der Waals surface area contributed by atoms with Gasteiger partial charge in [-0.15, -0.1) is 10.2 Å². The fourth-order valence-corrected chi connectivity index (χ4v) is 2.48. The molecule has 0 bridgehead atoms. The number of nitrogens with zero attached hydrogens (tertiary/aromatic N) is 2. The average Bonchev–Trinajstić information content (AvgIpc) is 2.62. The van der Waals surface area contributed by atoms with Crippen LogP contribution in [0.25, 0.3) is 0 Å². The van der Waals surface area contributed by atoms with E-state index in [-0.39, 0.29) is 5.91 Å². The molecule has 0 aliphatic carbocycles. The molecule has 2 aromatic carbocycles. The van der Waals surface area contributed by atoms with Crippen molar-refractivity contribution in [3.8, 4) is 0 Å². The SMILES string of the molecule is Cc1cccc(CC(=O)Nc2ccc(NCc3ccccc3)nn2)c1. The van der Waals surface area contributed by atoms with E-state index in [9.17, 15) is 4.79 Å². The lowest BCUT2D eigenvalue weighted by molar-refractivity contribution is -0.115. The molecule has 25 heavy (non-hydrogen) atoms. The second-order valence-corrected chi connectivity index (χ2v) is 5.86. The van der Waals surface area contributed by atoms with E-state index in [1.54, 1.807) is 12.1 Å². The van der Waals surface area contributed by atoms with Crippen LogP contribution < -0.4 is 10.6 Å². The highest BCUT2D eigenvalue weighted by molar-refractivity contribution is 5.91. The zero-order valence-corrected chi connectivity index (χ0v) is 14.1. The number of hydrogen-bond donors (Lipinski definition) is 2. The van der Waals surface area contributed by atoms with E-state index in [4.69, 9.17) is 0 Å². The predicted octanol–water partition coefficient (Wildman–Crippen LogP) is 3.58. The number of benzene rings is 2. The molecule has 0 aliphatic heterocycles. The Hall–Kier alpha value is -3.21. The standard InChI is InChI=1S/C20H20N4O/c1-15-6-5-9-17(12-15)13-20(25)22-19-11-10-18(23-24-19)21-14-16-7-3-2-4-8-16/h2-12H,13-14H2,1H3,(H,21,23)(H,22,24,25). The molecule has 126 valence electrons. The van der Waals surface area contributed by atoms with Gasteiger partial charge in [0.15, 0.2) is 5.82 Å². The van der Waals surface area contributed by atoms with Crippen LogP contribution in [0, 0.1) is 6.92 Å².